The van der Waals surface area contributed by atoms with Crippen LogP contribution in [0.2, 0.25) is 0 Å². The first-order chi connectivity index (χ1) is 27.5. The minimum Gasteiger partial charge on any atom is -0.394 e. The van der Waals surface area contributed by atoms with Crippen LogP contribution in [0, 0.1) is 11.7 Å². The van der Waals surface area contributed by atoms with Crippen LogP contribution in [0.15, 0.2) is 69.5 Å². The van der Waals surface area contributed by atoms with Crippen molar-refractivity contribution in [2.24, 2.45) is 15.9 Å². The SMILES string of the molecule is CC1C=NC(S(=O)(=O)N2CC[C@@H]3[C@@H](CO)N(C)c4ccc(-c5cc(NCCCCCSc6cccc7c6CN(C6CCC(=O)NC6=O)C7=O)ccc5F)cc4[C@@H]32)=N1. The number of piperidine rings is 1. The molecular formula is C41H46FN7O6S2. The Balaban J connectivity index is 0.893. The molecule has 5 aliphatic heterocycles. The molecule has 0 radical (unpaired) electrons. The van der Waals surface area contributed by atoms with Crippen molar-refractivity contribution in [2.75, 3.05) is 42.7 Å². The Morgan fingerprint density at radius 3 is 2.65 bits per heavy atom. The van der Waals surface area contributed by atoms with Gasteiger partial charge in [-0.15, -0.1) is 11.8 Å². The summed E-state index contributed by atoms with van der Waals surface area (Å²) in [6.45, 7) is 2.95. The average Bonchev–Trinajstić information content (AvgIpc) is 3.93. The number of rotatable bonds is 12. The Labute approximate surface area is 335 Å². The van der Waals surface area contributed by atoms with E-state index >= 15 is 4.39 Å². The van der Waals surface area contributed by atoms with Gasteiger partial charge < -0.3 is 20.2 Å². The van der Waals surface area contributed by atoms with Gasteiger partial charge in [-0.1, -0.05) is 18.6 Å². The van der Waals surface area contributed by atoms with Crippen LogP contribution in [0.4, 0.5) is 15.8 Å². The summed E-state index contributed by atoms with van der Waals surface area (Å²) in [6.07, 6.45) is 5.42. The van der Waals surface area contributed by atoms with E-state index in [1.807, 2.05) is 42.3 Å². The summed E-state index contributed by atoms with van der Waals surface area (Å²) in [4.78, 5) is 50.2. The average molecular weight is 816 g/mol. The van der Waals surface area contributed by atoms with Crippen LogP contribution in [0.1, 0.15) is 73.0 Å². The normalized spacial score (nSPS) is 24.4. The fourth-order valence-electron chi connectivity index (χ4n) is 8.87. The fraction of sp³-hybridized carbons (Fsp3) is 0.439. The zero-order valence-electron chi connectivity index (χ0n) is 31.9. The second-order valence-corrected chi connectivity index (χ2v) is 18.2. The van der Waals surface area contributed by atoms with Gasteiger partial charge in [0.25, 0.3) is 21.1 Å². The molecule has 0 aliphatic carbocycles. The topological polar surface area (TPSA) is 164 Å². The number of carbonyl (C=O) groups is 3. The van der Waals surface area contributed by atoms with E-state index in [9.17, 15) is 27.9 Å². The van der Waals surface area contributed by atoms with E-state index < -0.39 is 28.0 Å². The summed E-state index contributed by atoms with van der Waals surface area (Å²) < 4.78 is 44.7. The second kappa shape index (κ2) is 16.0. The highest BCUT2D eigenvalue weighted by molar-refractivity contribution is 8.04. The number of hydrogen-bond donors (Lipinski definition) is 3. The van der Waals surface area contributed by atoms with Crippen LogP contribution in [0.25, 0.3) is 11.1 Å². The number of aliphatic imine (C=N–C) groups is 2. The van der Waals surface area contributed by atoms with E-state index in [1.165, 1.54) is 16.6 Å². The maximum atomic E-state index is 15.5. The molecule has 5 heterocycles. The Kier molecular flexibility index (Phi) is 11.0. The number of benzene rings is 3. The number of fused-ring (bicyclic) bond motifs is 4. The number of hydrogen-bond acceptors (Lipinski definition) is 11. The predicted octanol–water partition coefficient (Wildman–Crippen LogP) is 4.96. The largest absolute Gasteiger partial charge is 0.394 e. The lowest BCUT2D eigenvalue weighted by Gasteiger charge is -2.44. The quantitative estimate of drug-likeness (QED) is 0.130. The van der Waals surface area contributed by atoms with Gasteiger partial charge in [-0.05, 0) is 97.5 Å². The number of thioether (sulfide) groups is 1. The first-order valence-corrected chi connectivity index (χ1v) is 21.9. The summed E-state index contributed by atoms with van der Waals surface area (Å²) in [5.74, 6) is -0.600. The molecule has 0 spiro atoms. The number of amides is 3. The number of carbonyl (C=O) groups excluding carboxylic acids is 3. The summed E-state index contributed by atoms with van der Waals surface area (Å²) in [5, 5.41) is 16.0. The van der Waals surface area contributed by atoms with Gasteiger partial charge >= 0.3 is 0 Å². The highest BCUT2D eigenvalue weighted by atomic mass is 32.2. The van der Waals surface area contributed by atoms with Crippen LogP contribution < -0.4 is 15.5 Å². The minimum absolute atomic E-state index is 0.131. The molecule has 16 heteroatoms. The molecular weight excluding hydrogens is 770 g/mol. The fourth-order valence-corrected chi connectivity index (χ4v) is 11.6. The molecule has 300 valence electrons. The number of anilines is 2. The standard InChI is InChI=1S/C41H46FN7O6S2/c1-24-21-44-41(45-24)57(54,55)49-17-15-28-35(23-50)47(2)33-12-9-25(19-30(33)38(28)49)29-20-26(10-11-32(29)42)43-16-4-3-5-18-56-36-8-6-7-27-31(36)22-48(40(27)53)34-13-14-37(51)46-39(34)52/h6-12,19-21,24,28,34-35,38,43,50H,3-5,13-18,22-23H2,1-2H3,(H,46,51,52)/t24?,28-,34?,35-,38-/m1/s1. The van der Waals surface area contributed by atoms with E-state index in [1.54, 1.807) is 41.8 Å². The van der Waals surface area contributed by atoms with Gasteiger partial charge in [0.1, 0.15) is 11.9 Å². The third-order valence-corrected chi connectivity index (χ3v) is 14.7. The predicted molar refractivity (Wildman–Crippen MR) is 219 cm³/mol. The number of aliphatic hydroxyl groups excluding tert-OH is 1. The Hall–Kier alpha value is -4.64. The van der Waals surface area contributed by atoms with Gasteiger partial charge in [0.15, 0.2) is 0 Å². The van der Waals surface area contributed by atoms with Gasteiger partial charge in [-0.3, -0.25) is 19.7 Å². The molecule has 5 aliphatic rings. The van der Waals surface area contributed by atoms with Crippen molar-refractivity contribution < 1.29 is 32.3 Å². The zero-order chi connectivity index (χ0) is 40.0. The highest BCUT2D eigenvalue weighted by Crippen LogP contribution is 2.51. The van der Waals surface area contributed by atoms with E-state index in [4.69, 9.17) is 0 Å². The van der Waals surface area contributed by atoms with E-state index in [0.29, 0.717) is 42.6 Å². The Morgan fingerprint density at radius 1 is 1.04 bits per heavy atom. The Morgan fingerprint density at radius 2 is 1.88 bits per heavy atom. The lowest BCUT2D eigenvalue weighted by Crippen LogP contribution is -2.52. The number of imide groups is 1. The number of halogens is 1. The highest BCUT2D eigenvalue weighted by Gasteiger charge is 2.51. The molecule has 13 nitrogen and oxygen atoms in total. The first-order valence-electron chi connectivity index (χ1n) is 19.5. The van der Waals surface area contributed by atoms with Gasteiger partial charge in [0.05, 0.1) is 24.7 Å². The number of nitrogens with zero attached hydrogens (tertiary/aromatic N) is 5. The number of aliphatic hydroxyl groups is 1. The Bertz CT molecular complexity index is 2290. The second-order valence-electron chi connectivity index (χ2n) is 15.3. The molecule has 0 bridgehead atoms. The molecule has 5 atom stereocenters. The van der Waals surface area contributed by atoms with Crippen molar-refractivity contribution in [3.63, 3.8) is 0 Å². The minimum atomic E-state index is -4.01. The lowest BCUT2D eigenvalue weighted by atomic mass is 9.81. The molecule has 3 amide bonds. The summed E-state index contributed by atoms with van der Waals surface area (Å²) in [5.41, 5.74) is 4.90. The van der Waals surface area contributed by atoms with Crippen molar-refractivity contribution in [2.45, 2.75) is 81.1 Å². The molecule has 0 saturated carbocycles. The van der Waals surface area contributed by atoms with Gasteiger partial charge in [0, 0.05) is 72.6 Å². The summed E-state index contributed by atoms with van der Waals surface area (Å²) in [6, 6.07) is 14.4. The monoisotopic (exact) mass is 815 g/mol. The number of amidine groups is 1. The molecule has 3 N–H and O–H groups in total. The van der Waals surface area contributed by atoms with Crippen LogP contribution in [0.5, 0.6) is 0 Å². The maximum Gasteiger partial charge on any atom is 0.278 e. The van der Waals surface area contributed by atoms with E-state index in [0.717, 1.165) is 52.4 Å². The van der Waals surface area contributed by atoms with E-state index in [-0.39, 0.29) is 60.4 Å². The lowest BCUT2D eigenvalue weighted by molar-refractivity contribution is -0.136. The van der Waals surface area contributed by atoms with Crippen molar-refractivity contribution >= 4 is 62.3 Å². The maximum absolute atomic E-state index is 15.5. The van der Waals surface area contributed by atoms with Crippen LogP contribution in [0.3, 0.4) is 0 Å². The molecule has 2 unspecified atom stereocenters. The molecule has 3 aromatic carbocycles. The third kappa shape index (κ3) is 7.36. The van der Waals surface area contributed by atoms with Crippen molar-refractivity contribution in [1.29, 1.82) is 0 Å². The molecule has 8 rings (SSSR count). The number of unbranched alkanes of at least 4 members (excludes halogenated alkanes) is 2. The summed E-state index contributed by atoms with van der Waals surface area (Å²) in [7, 11) is -2.11. The van der Waals surface area contributed by atoms with Gasteiger partial charge in [0.2, 0.25) is 11.8 Å². The number of sulfonamides is 1. The smallest absolute Gasteiger partial charge is 0.278 e. The molecule has 3 aromatic rings. The van der Waals surface area contributed by atoms with Crippen molar-refractivity contribution in [1.82, 2.24) is 14.5 Å². The number of nitrogens with one attached hydrogen (secondary N) is 2. The van der Waals surface area contributed by atoms with Crippen molar-refractivity contribution in [3.8, 4) is 11.1 Å². The summed E-state index contributed by atoms with van der Waals surface area (Å²) >= 11 is 1.70. The van der Waals surface area contributed by atoms with Crippen LogP contribution in [-0.4, -0.2) is 102 Å². The molecule has 2 fully saturated rings. The van der Waals surface area contributed by atoms with Gasteiger partial charge in [-0.25, -0.2) is 22.8 Å². The first kappa shape index (κ1) is 39.2. The van der Waals surface area contributed by atoms with Crippen molar-refractivity contribution in [3.05, 3.63) is 77.1 Å². The van der Waals surface area contributed by atoms with Gasteiger partial charge in [-0.2, -0.15) is 4.31 Å². The van der Waals surface area contributed by atoms with Crippen LogP contribution >= 0.6 is 11.8 Å². The van der Waals surface area contributed by atoms with E-state index in [2.05, 4.69) is 20.6 Å². The molecule has 0 aromatic heterocycles. The number of likely N-dealkylation sites (N-methyl/N-ethyl adjacent to an activating group) is 1. The molecule has 57 heavy (non-hydrogen) atoms. The zero-order valence-corrected chi connectivity index (χ0v) is 33.5. The molecule has 2 saturated heterocycles. The van der Waals surface area contributed by atoms with Crippen LogP contribution in [-0.2, 0) is 26.2 Å². The third-order valence-electron chi connectivity index (χ3n) is 11.8.